The van der Waals surface area contributed by atoms with E-state index < -0.39 is 5.97 Å². The first kappa shape index (κ1) is 19.4. The number of benzene rings is 2. The number of aromatic nitrogens is 1. The number of carbonyl (C=O) groups is 2. The zero-order valence-corrected chi connectivity index (χ0v) is 16.5. The first-order chi connectivity index (χ1) is 13.5. The minimum atomic E-state index is -0.451. The number of ether oxygens (including phenoxy) is 1. The summed E-state index contributed by atoms with van der Waals surface area (Å²) >= 11 is 3.33. The van der Waals surface area contributed by atoms with E-state index in [-0.39, 0.29) is 5.91 Å². The lowest BCUT2D eigenvalue weighted by molar-refractivity contribution is 0.0733. The average Bonchev–Trinajstić information content (AvgIpc) is 2.70. The van der Waals surface area contributed by atoms with Gasteiger partial charge in [0.25, 0.3) is 5.91 Å². The van der Waals surface area contributed by atoms with Gasteiger partial charge in [0, 0.05) is 16.4 Å². The number of hydrazone groups is 1. The van der Waals surface area contributed by atoms with Crippen LogP contribution in [0.15, 0.2) is 76.4 Å². The second-order valence-corrected chi connectivity index (χ2v) is 6.68. The standard InChI is InChI=1S/C21H16BrN3O3/c1-14-6-9-16(13-23-14)20(26)25-24-12-15-7-10-17(11-8-15)28-21(27)18-4-2-3-5-19(18)22/h2-13H,1H3,(H,25,26)/b24-12+. The Balaban J connectivity index is 1.57. The van der Waals surface area contributed by atoms with Crippen LogP contribution in [0, 0.1) is 6.92 Å². The van der Waals surface area contributed by atoms with Crippen molar-refractivity contribution in [1.82, 2.24) is 10.4 Å². The quantitative estimate of drug-likeness (QED) is 0.281. The molecule has 0 saturated carbocycles. The molecule has 3 aromatic rings. The van der Waals surface area contributed by atoms with Crippen LogP contribution >= 0.6 is 15.9 Å². The number of nitrogens with zero attached hydrogens (tertiary/aromatic N) is 2. The monoisotopic (exact) mass is 437 g/mol. The van der Waals surface area contributed by atoms with Crippen LogP contribution in [0.5, 0.6) is 5.75 Å². The number of hydrogen-bond acceptors (Lipinski definition) is 5. The third kappa shape index (κ3) is 5.11. The molecule has 2 aromatic carbocycles. The SMILES string of the molecule is Cc1ccc(C(=O)N/N=C/c2ccc(OC(=O)c3ccccc3Br)cc2)cn1. The molecular formula is C21H16BrN3O3. The van der Waals surface area contributed by atoms with Gasteiger partial charge >= 0.3 is 5.97 Å². The Labute approximate surface area is 170 Å². The summed E-state index contributed by atoms with van der Waals surface area (Å²) in [7, 11) is 0. The van der Waals surface area contributed by atoms with Crippen molar-refractivity contribution in [1.29, 1.82) is 0 Å². The molecular weight excluding hydrogens is 422 g/mol. The lowest BCUT2D eigenvalue weighted by Gasteiger charge is -2.06. The van der Waals surface area contributed by atoms with Crippen molar-refractivity contribution in [3.05, 3.63) is 93.7 Å². The van der Waals surface area contributed by atoms with E-state index in [1.807, 2.05) is 13.0 Å². The molecule has 7 heteroatoms. The van der Waals surface area contributed by atoms with Crippen LogP contribution < -0.4 is 10.2 Å². The number of halogens is 1. The molecule has 1 amide bonds. The molecule has 0 aliphatic rings. The Bertz CT molecular complexity index is 1020. The van der Waals surface area contributed by atoms with Crippen LogP contribution in [-0.2, 0) is 0 Å². The van der Waals surface area contributed by atoms with Crippen LogP contribution in [-0.4, -0.2) is 23.1 Å². The molecule has 1 heterocycles. The summed E-state index contributed by atoms with van der Waals surface area (Å²) < 4.78 is 6.03. The summed E-state index contributed by atoms with van der Waals surface area (Å²) in [6.07, 6.45) is 2.99. The van der Waals surface area contributed by atoms with Crippen molar-refractivity contribution in [2.45, 2.75) is 6.92 Å². The van der Waals surface area contributed by atoms with Gasteiger partial charge in [0.15, 0.2) is 0 Å². The van der Waals surface area contributed by atoms with E-state index in [2.05, 4.69) is 31.4 Å². The van der Waals surface area contributed by atoms with Gasteiger partial charge in [0.05, 0.1) is 17.3 Å². The first-order valence-corrected chi connectivity index (χ1v) is 9.15. The van der Waals surface area contributed by atoms with Gasteiger partial charge in [-0.15, -0.1) is 0 Å². The van der Waals surface area contributed by atoms with Crippen LogP contribution in [0.25, 0.3) is 0 Å². The van der Waals surface area contributed by atoms with E-state index in [9.17, 15) is 9.59 Å². The summed E-state index contributed by atoms with van der Waals surface area (Å²) in [6, 6.07) is 17.2. The fourth-order valence-electron chi connectivity index (χ4n) is 2.24. The number of pyridine rings is 1. The average molecular weight is 438 g/mol. The molecule has 0 radical (unpaired) electrons. The molecule has 0 atom stereocenters. The van der Waals surface area contributed by atoms with Crippen molar-refractivity contribution in [2.24, 2.45) is 5.10 Å². The van der Waals surface area contributed by atoms with Crippen LogP contribution in [0.2, 0.25) is 0 Å². The first-order valence-electron chi connectivity index (χ1n) is 8.36. The number of rotatable bonds is 5. The predicted molar refractivity (Wildman–Crippen MR) is 110 cm³/mol. The maximum atomic E-state index is 12.2. The maximum absolute atomic E-state index is 12.2. The van der Waals surface area contributed by atoms with E-state index >= 15 is 0 Å². The van der Waals surface area contributed by atoms with E-state index in [1.165, 1.54) is 12.4 Å². The Kier molecular flexibility index (Phi) is 6.29. The van der Waals surface area contributed by atoms with E-state index in [1.54, 1.807) is 54.6 Å². The summed E-state index contributed by atoms with van der Waals surface area (Å²) in [5.41, 5.74) is 4.89. The zero-order chi connectivity index (χ0) is 19.9. The predicted octanol–water partition coefficient (Wildman–Crippen LogP) is 4.14. The third-order valence-electron chi connectivity index (χ3n) is 3.74. The summed E-state index contributed by atoms with van der Waals surface area (Å²) in [5.74, 6) is -0.386. The number of esters is 1. The molecule has 0 unspecified atom stereocenters. The van der Waals surface area contributed by atoms with Crippen LogP contribution in [0.4, 0.5) is 0 Å². The lowest BCUT2D eigenvalue weighted by atomic mass is 10.2. The Morgan fingerprint density at radius 2 is 1.82 bits per heavy atom. The maximum Gasteiger partial charge on any atom is 0.344 e. The highest BCUT2D eigenvalue weighted by molar-refractivity contribution is 9.10. The number of aryl methyl sites for hydroxylation is 1. The lowest BCUT2D eigenvalue weighted by Crippen LogP contribution is -2.17. The molecule has 0 fully saturated rings. The molecule has 1 aromatic heterocycles. The smallest absolute Gasteiger partial charge is 0.344 e. The Morgan fingerprint density at radius 1 is 1.07 bits per heavy atom. The highest BCUT2D eigenvalue weighted by atomic mass is 79.9. The zero-order valence-electron chi connectivity index (χ0n) is 14.9. The van der Waals surface area contributed by atoms with Crippen molar-refractivity contribution < 1.29 is 14.3 Å². The summed E-state index contributed by atoms with van der Waals surface area (Å²) in [5, 5.41) is 3.92. The molecule has 0 saturated heterocycles. The van der Waals surface area contributed by atoms with E-state index in [0.29, 0.717) is 21.3 Å². The van der Waals surface area contributed by atoms with Crippen molar-refractivity contribution in [3.8, 4) is 5.75 Å². The van der Waals surface area contributed by atoms with Crippen molar-refractivity contribution in [3.63, 3.8) is 0 Å². The molecule has 6 nitrogen and oxygen atoms in total. The highest BCUT2D eigenvalue weighted by Crippen LogP contribution is 2.19. The second kappa shape index (κ2) is 9.05. The number of nitrogens with one attached hydrogen (secondary N) is 1. The highest BCUT2D eigenvalue weighted by Gasteiger charge is 2.11. The number of hydrogen-bond donors (Lipinski definition) is 1. The molecule has 0 bridgehead atoms. The summed E-state index contributed by atoms with van der Waals surface area (Å²) in [4.78, 5) is 28.2. The third-order valence-corrected chi connectivity index (χ3v) is 4.43. The molecule has 1 N–H and O–H groups in total. The van der Waals surface area contributed by atoms with Gasteiger partial charge in [-0.05, 0) is 76.9 Å². The normalized spacial score (nSPS) is 10.6. The fraction of sp³-hybridized carbons (Fsp3) is 0.0476. The fourth-order valence-corrected chi connectivity index (χ4v) is 2.69. The van der Waals surface area contributed by atoms with E-state index in [0.717, 1.165) is 11.3 Å². The topological polar surface area (TPSA) is 80.6 Å². The van der Waals surface area contributed by atoms with Gasteiger partial charge in [-0.25, -0.2) is 10.2 Å². The minimum absolute atomic E-state index is 0.345. The van der Waals surface area contributed by atoms with Crippen molar-refractivity contribution >= 4 is 34.0 Å². The summed E-state index contributed by atoms with van der Waals surface area (Å²) in [6.45, 7) is 1.85. The van der Waals surface area contributed by atoms with E-state index in [4.69, 9.17) is 4.74 Å². The minimum Gasteiger partial charge on any atom is -0.423 e. The molecule has 28 heavy (non-hydrogen) atoms. The second-order valence-electron chi connectivity index (χ2n) is 5.83. The number of amides is 1. The molecule has 0 aliphatic heterocycles. The Hall–Kier alpha value is -3.32. The van der Waals surface area contributed by atoms with Gasteiger partial charge in [-0.3, -0.25) is 9.78 Å². The Morgan fingerprint density at radius 3 is 2.50 bits per heavy atom. The van der Waals surface area contributed by atoms with Crippen LogP contribution in [0.3, 0.4) is 0 Å². The van der Waals surface area contributed by atoms with Gasteiger partial charge < -0.3 is 4.74 Å². The molecule has 140 valence electrons. The van der Waals surface area contributed by atoms with Gasteiger partial charge in [-0.2, -0.15) is 5.10 Å². The number of carbonyl (C=O) groups excluding carboxylic acids is 2. The van der Waals surface area contributed by atoms with Gasteiger partial charge in [0.1, 0.15) is 5.75 Å². The van der Waals surface area contributed by atoms with Crippen molar-refractivity contribution in [2.75, 3.05) is 0 Å². The van der Waals surface area contributed by atoms with Gasteiger partial charge in [0.2, 0.25) is 0 Å². The largest absolute Gasteiger partial charge is 0.423 e. The molecule has 0 spiro atoms. The molecule has 3 rings (SSSR count). The molecule has 0 aliphatic carbocycles. The van der Waals surface area contributed by atoms with Gasteiger partial charge in [-0.1, -0.05) is 12.1 Å². The van der Waals surface area contributed by atoms with Crippen LogP contribution in [0.1, 0.15) is 32.0 Å².